The highest BCUT2D eigenvalue weighted by atomic mass is 32.2. The van der Waals surface area contributed by atoms with Gasteiger partial charge in [-0.1, -0.05) is 18.6 Å². The summed E-state index contributed by atoms with van der Waals surface area (Å²) in [7, 11) is -7.87. The monoisotopic (exact) mass is 568 g/mol. The number of sulfonamides is 2. The van der Waals surface area contributed by atoms with Crippen molar-refractivity contribution >= 4 is 48.1 Å². The Bertz CT molecular complexity index is 1580. The number of anilines is 1. The minimum absolute atomic E-state index is 0.168. The maximum Gasteiger partial charge on any atom is 0.287 e. The Labute approximate surface area is 218 Å². The van der Waals surface area contributed by atoms with E-state index in [0.717, 1.165) is 24.0 Å². The minimum Gasteiger partial charge on any atom is -0.511 e. The summed E-state index contributed by atoms with van der Waals surface area (Å²) < 4.78 is 69.2. The van der Waals surface area contributed by atoms with Gasteiger partial charge in [0.15, 0.2) is 5.84 Å². The van der Waals surface area contributed by atoms with E-state index in [-0.39, 0.29) is 63.5 Å². The average Bonchev–Trinajstić information content (AvgIpc) is 3.45. The molecule has 2 aliphatic heterocycles. The van der Waals surface area contributed by atoms with Gasteiger partial charge in [-0.15, -0.1) is 15.7 Å². The number of amidine groups is 1. The number of amides is 1. The molecule has 2 aromatic rings. The Morgan fingerprint density at radius 3 is 2.78 bits per heavy atom. The smallest absolute Gasteiger partial charge is 0.287 e. The number of thiophene rings is 1. The Hall–Kier alpha value is -2.81. The van der Waals surface area contributed by atoms with Crippen LogP contribution in [0.4, 0.5) is 9.39 Å². The van der Waals surface area contributed by atoms with Gasteiger partial charge in [0, 0.05) is 30.6 Å². The molecule has 3 aliphatic rings. The zero-order valence-electron chi connectivity index (χ0n) is 20.0. The first-order chi connectivity index (χ1) is 17.4. The number of nitrogens with zero attached hydrogens (tertiary/aromatic N) is 2. The standard InChI is InChI=1S/C23H25FN4O6S3/c1-12-8-13(6-7-16(12)24)10-28-17-5-3-4-15(17)19(29)18(23(28)30)21-26-22-20(37(33,34)27-21)14(11-35-22)9-25-36(2,31)32/h6-8,11,15,17,25,29H,3-5,9-10H2,1-2H3,(H,26,27)/t15-,17+/m1/s1. The third-order valence-electron chi connectivity index (χ3n) is 6.82. The fourth-order valence-corrected chi connectivity index (χ4v) is 8.15. The van der Waals surface area contributed by atoms with Crippen LogP contribution in [0.1, 0.15) is 36.0 Å². The number of benzene rings is 1. The fourth-order valence-electron chi connectivity index (χ4n) is 5.12. The molecule has 14 heteroatoms. The molecule has 10 nitrogen and oxygen atoms in total. The number of aliphatic hydroxyl groups excluding tert-OH is 1. The average molecular weight is 569 g/mol. The third kappa shape index (κ3) is 4.78. The molecule has 1 fully saturated rings. The van der Waals surface area contributed by atoms with Crippen LogP contribution in [0.3, 0.4) is 0 Å². The molecule has 1 amide bonds. The van der Waals surface area contributed by atoms with Crippen LogP contribution in [0.15, 0.2) is 44.2 Å². The van der Waals surface area contributed by atoms with E-state index in [4.69, 9.17) is 0 Å². The number of carbonyl (C=O) groups excluding carboxylic acids is 1. The first-order valence-electron chi connectivity index (χ1n) is 11.5. The number of rotatable bonds is 6. The number of carbonyl (C=O) groups is 1. The quantitative estimate of drug-likeness (QED) is 0.486. The highest BCUT2D eigenvalue weighted by Gasteiger charge is 2.47. The van der Waals surface area contributed by atoms with Crippen LogP contribution < -0.4 is 10.0 Å². The molecule has 1 aliphatic carbocycles. The van der Waals surface area contributed by atoms with Crippen LogP contribution in [0.5, 0.6) is 0 Å². The predicted molar refractivity (Wildman–Crippen MR) is 137 cm³/mol. The lowest BCUT2D eigenvalue weighted by atomic mass is 9.89. The normalized spacial score (nSPS) is 22.9. The summed E-state index contributed by atoms with van der Waals surface area (Å²) >= 11 is 1.03. The minimum atomic E-state index is -4.31. The molecule has 2 atom stereocenters. The van der Waals surface area contributed by atoms with Crippen molar-refractivity contribution in [1.82, 2.24) is 9.62 Å². The lowest BCUT2D eigenvalue weighted by Gasteiger charge is -2.38. The number of aliphatic hydroxyl groups is 1. The molecule has 0 saturated heterocycles. The zero-order chi connectivity index (χ0) is 26.7. The largest absolute Gasteiger partial charge is 0.511 e. The van der Waals surface area contributed by atoms with Gasteiger partial charge < -0.3 is 15.3 Å². The van der Waals surface area contributed by atoms with Crippen molar-refractivity contribution in [3.63, 3.8) is 0 Å². The second kappa shape index (κ2) is 9.19. The molecule has 0 spiro atoms. The van der Waals surface area contributed by atoms with E-state index < -0.39 is 26.0 Å². The number of fused-ring (bicyclic) bond motifs is 2. The van der Waals surface area contributed by atoms with Crippen LogP contribution in [0.25, 0.3) is 0 Å². The van der Waals surface area contributed by atoms with Crippen molar-refractivity contribution in [3.8, 4) is 0 Å². The summed E-state index contributed by atoms with van der Waals surface area (Å²) in [5.41, 5.74) is 1.17. The highest BCUT2D eigenvalue weighted by molar-refractivity contribution is 7.91. The van der Waals surface area contributed by atoms with Crippen LogP contribution in [-0.4, -0.2) is 50.9 Å². The van der Waals surface area contributed by atoms with E-state index in [0.29, 0.717) is 24.0 Å². The molecule has 3 heterocycles. The third-order valence-corrected chi connectivity index (χ3v) is 9.96. The molecule has 3 N–H and O–H groups in total. The van der Waals surface area contributed by atoms with Crippen LogP contribution in [-0.2, 0) is 37.9 Å². The summed E-state index contributed by atoms with van der Waals surface area (Å²) in [5.74, 6) is -1.76. The van der Waals surface area contributed by atoms with Gasteiger partial charge >= 0.3 is 0 Å². The van der Waals surface area contributed by atoms with Gasteiger partial charge in [0.2, 0.25) is 10.0 Å². The molecule has 198 valence electrons. The van der Waals surface area contributed by atoms with Crippen molar-refractivity contribution < 1.29 is 31.1 Å². The highest BCUT2D eigenvalue weighted by Crippen LogP contribution is 2.43. The van der Waals surface area contributed by atoms with Gasteiger partial charge in [-0.05, 0) is 42.3 Å². The van der Waals surface area contributed by atoms with Crippen LogP contribution in [0, 0.1) is 18.7 Å². The van der Waals surface area contributed by atoms with Gasteiger partial charge in [-0.25, -0.2) is 17.5 Å². The second-order valence-corrected chi connectivity index (χ2v) is 13.7. The van der Waals surface area contributed by atoms with Gasteiger partial charge in [0.05, 0.1) is 6.26 Å². The van der Waals surface area contributed by atoms with E-state index >= 15 is 0 Å². The van der Waals surface area contributed by atoms with Gasteiger partial charge in [-0.3, -0.25) is 4.79 Å². The Balaban J connectivity index is 1.51. The molecule has 37 heavy (non-hydrogen) atoms. The molecule has 0 radical (unpaired) electrons. The van der Waals surface area contributed by atoms with E-state index in [9.17, 15) is 31.1 Å². The van der Waals surface area contributed by atoms with Crippen molar-refractivity contribution in [3.05, 3.63) is 57.4 Å². The molecule has 1 saturated carbocycles. The van der Waals surface area contributed by atoms with Crippen molar-refractivity contribution in [2.75, 3.05) is 11.6 Å². The topological polar surface area (TPSA) is 145 Å². The van der Waals surface area contributed by atoms with Gasteiger partial charge in [0.25, 0.3) is 15.9 Å². The number of halogens is 1. The van der Waals surface area contributed by atoms with Gasteiger partial charge in [-0.2, -0.15) is 8.42 Å². The second-order valence-electron chi connectivity index (χ2n) is 9.43. The fraction of sp³-hybridized carbons (Fsp3) is 0.391. The molecular formula is C23H25FN4O6S3. The molecule has 5 rings (SSSR count). The van der Waals surface area contributed by atoms with Crippen molar-refractivity contribution in [2.24, 2.45) is 10.3 Å². The van der Waals surface area contributed by atoms with E-state index in [1.807, 2.05) is 0 Å². The zero-order valence-corrected chi connectivity index (χ0v) is 22.4. The summed E-state index contributed by atoms with van der Waals surface area (Å²) in [4.78, 5) is 15.2. The summed E-state index contributed by atoms with van der Waals surface area (Å²) in [6, 6.07) is 4.33. The Morgan fingerprint density at radius 2 is 2.08 bits per heavy atom. The molecule has 1 aromatic carbocycles. The van der Waals surface area contributed by atoms with Crippen LogP contribution in [0.2, 0.25) is 0 Å². The van der Waals surface area contributed by atoms with Crippen molar-refractivity contribution in [2.45, 2.75) is 50.2 Å². The first-order valence-corrected chi connectivity index (χ1v) is 15.7. The molecule has 1 aromatic heterocycles. The van der Waals surface area contributed by atoms with Gasteiger partial charge in [0.1, 0.15) is 27.0 Å². The van der Waals surface area contributed by atoms with E-state index in [1.165, 1.54) is 11.4 Å². The summed E-state index contributed by atoms with van der Waals surface area (Å²) in [6.45, 7) is 1.57. The number of hydrogen-bond donors (Lipinski definition) is 3. The predicted octanol–water partition coefficient (Wildman–Crippen LogP) is 2.78. The Kier molecular flexibility index (Phi) is 6.41. The van der Waals surface area contributed by atoms with Crippen molar-refractivity contribution in [1.29, 1.82) is 0 Å². The van der Waals surface area contributed by atoms with E-state index in [1.54, 1.807) is 24.0 Å². The lowest BCUT2D eigenvalue weighted by molar-refractivity contribution is -0.132. The number of aryl methyl sites for hydroxylation is 1. The lowest BCUT2D eigenvalue weighted by Crippen LogP contribution is -2.49. The van der Waals surface area contributed by atoms with Crippen LogP contribution >= 0.6 is 11.3 Å². The number of hydrogen-bond acceptors (Lipinski definition) is 8. The summed E-state index contributed by atoms with van der Waals surface area (Å²) in [6.07, 6.45) is 3.05. The number of nitrogens with one attached hydrogen (secondary N) is 2. The summed E-state index contributed by atoms with van der Waals surface area (Å²) in [5, 5.41) is 15.7. The maximum atomic E-state index is 13.8. The van der Waals surface area contributed by atoms with E-state index in [2.05, 4.69) is 14.4 Å². The maximum absolute atomic E-state index is 13.8. The molecule has 0 bridgehead atoms. The molecular weight excluding hydrogens is 543 g/mol. The SMILES string of the molecule is Cc1cc(CN2C(=O)C(C3=NS(=O)(=O)c4c(CNS(C)(=O)=O)csc4N3)=C(O)[C@@H]3CCC[C@@H]32)ccc1F. The Morgan fingerprint density at radius 1 is 1.32 bits per heavy atom. The molecule has 0 unspecified atom stereocenters. The first kappa shape index (κ1) is 25.8.